The van der Waals surface area contributed by atoms with E-state index >= 15 is 0 Å². The normalized spacial score (nSPS) is 13.4. The van der Waals surface area contributed by atoms with Crippen LogP contribution in [0.3, 0.4) is 0 Å². The van der Waals surface area contributed by atoms with Crippen molar-refractivity contribution < 1.29 is 8.42 Å². The number of anilines is 1. The van der Waals surface area contributed by atoms with Gasteiger partial charge in [0, 0.05) is 18.5 Å². The second kappa shape index (κ2) is 6.02. The van der Waals surface area contributed by atoms with Crippen LogP contribution in [0.2, 0.25) is 0 Å². The SMILES string of the molecule is CCC(CN)CNc1ccc(S(C)(=O)=O)cc1. The van der Waals surface area contributed by atoms with Gasteiger partial charge in [0.05, 0.1) is 4.90 Å². The van der Waals surface area contributed by atoms with Crippen molar-refractivity contribution in [1.29, 1.82) is 0 Å². The molecule has 0 aromatic heterocycles. The van der Waals surface area contributed by atoms with E-state index in [-0.39, 0.29) is 0 Å². The van der Waals surface area contributed by atoms with Crippen LogP contribution >= 0.6 is 0 Å². The molecule has 0 amide bonds. The number of hydrogen-bond donors (Lipinski definition) is 2. The van der Waals surface area contributed by atoms with Crippen LogP contribution < -0.4 is 11.1 Å². The summed E-state index contributed by atoms with van der Waals surface area (Å²) in [4.78, 5) is 0.342. The highest BCUT2D eigenvalue weighted by molar-refractivity contribution is 7.90. The van der Waals surface area contributed by atoms with Crippen molar-refractivity contribution in [3.8, 4) is 0 Å². The zero-order valence-electron chi connectivity index (χ0n) is 10.3. The molecule has 17 heavy (non-hydrogen) atoms. The highest BCUT2D eigenvalue weighted by Crippen LogP contribution is 2.14. The van der Waals surface area contributed by atoms with Gasteiger partial charge in [0.15, 0.2) is 9.84 Å². The molecule has 0 spiro atoms. The summed E-state index contributed by atoms with van der Waals surface area (Å²) >= 11 is 0. The average Bonchev–Trinajstić information content (AvgIpc) is 2.30. The van der Waals surface area contributed by atoms with E-state index in [1.165, 1.54) is 6.26 Å². The van der Waals surface area contributed by atoms with Crippen LogP contribution in [-0.4, -0.2) is 27.8 Å². The molecule has 1 aromatic carbocycles. The minimum absolute atomic E-state index is 0.342. The van der Waals surface area contributed by atoms with Crippen LogP contribution in [0.1, 0.15) is 13.3 Å². The molecule has 0 heterocycles. The first-order chi connectivity index (χ1) is 7.97. The number of hydrogen-bond acceptors (Lipinski definition) is 4. The molecule has 1 atom stereocenters. The van der Waals surface area contributed by atoms with Gasteiger partial charge in [-0.3, -0.25) is 0 Å². The zero-order chi connectivity index (χ0) is 12.9. The first-order valence-corrected chi connectivity index (χ1v) is 7.60. The first-order valence-electron chi connectivity index (χ1n) is 5.71. The third-order valence-electron chi connectivity index (χ3n) is 2.79. The molecule has 3 N–H and O–H groups in total. The van der Waals surface area contributed by atoms with E-state index in [1.807, 2.05) is 0 Å². The summed E-state index contributed by atoms with van der Waals surface area (Å²) in [5.41, 5.74) is 6.53. The maximum Gasteiger partial charge on any atom is 0.175 e. The van der Waals surface area contributed by atoms with Crippen LogP contribution in [0.4, 0.5) is 5.69 Å². The van der Waals surface area contributed by atoms with Gasteiger partial charge >= 0.3 is 0 Å². The van der Waals surface area contributed by atoms with Crippen LogP contribution in [0.15, 0.2) is 29.2 Å². The number of benzene rings is 1. The van der Waals surface area contributed by atoms with E-state index in [4.69, 9.17) is 5.73 Å². The molecule has 96 valence electrons. The van der Waals surface area contributed by atoms with Crippen LogP contribution in [0, 0.1) is 5.92 Å². The van der Waals surface area contributed by atoms with Crippen molar-refractivity contribution in [3.05, 3.63) is 24.3 Å². The fourth-order valence-electron chi connectivity index (χ4n) is 1.48. The van der Waals surface area contributed by atoms with E-state index < -0.39 is 9.84 Å². The molecular weight excluding hydrogens is 236 g/mol. The van der Waals surface area contributed by atoms with E-state index in [2.05, 4.69) is 12.2 Å². The van der Waals surface area contributed by atoms with E-state index in [0.29, 0.717) is 17.4 Å². The fourth-order valence-corrected chi connectivity index (χ4v) is 2.11. The quantitative estimate of drug-likeness (QED) is 0.809. The highest BCUT2D eigenvalue weighted by atomic mass is 32.2. The third-order valence-corrected chi connectivity index (χ3v) is 3.92. The summed E-state index contributed by atoms with van der Waals surface area (Å²) in [6.07, 6.45) is 2.24. The van der Waals surface area contributed by atoms with Gasteiger partial charge in [0.1, 0.15) is 0 Å². The Morgan fingerprint density at radius 1 is 1.29 bits per heavy atom. The van der Waals surface area contributed by atoms with Gasteiger partial charge in [-0.25, -0.2) is 8.42 Å². The molecule has 0 saturated carbocycles. The Labute approximate surface area is 103 Å². The first kappa shape index (κ1) is 14.0. The van der Waals surface area contributed by atoms with Crippen molar-refractivity contribution in [2.75, 3.05) is 24.7 Å². The third kappa shape index (κ3) is 4.36. The molecule has 0 saturated heterocycles. The smallest absolute Gasteiger partial charge is 0.175 e. The van der Waals surface area contributed by atoms with Crippen LogP contribution in [-0.2, 0) is 9.84 Å². The summed E-state index contributed by atoms with van der Waals surface area (Å²) < 4.78 is 22.5. The highest BCUT2D eigenvalue weighted by Gasteiger charge is 2.07. The van der Waals surface area contributed by atoms with Crippen molar-refractivity contribution in [2.45, 2.75) is 18.2 Å². The Hall–Kier alpha value is -1.07. The van der Waals surface area contributed by atoms with E-state index in [1.54, 1.807) is 24.3 Å². The van der Waals surface area contributed by atoms with Crippen molar-refractivity contribution in [3.63, 3.8) is 0 Å². The second-order valence-electron chi connectivity index (χ2n) is 4.19. The minimum Gasteiger partial charge on any atom is -0.385 e. The topological polar surface area (TPSA) is 72.2 Å². The monoisotopic (exact) mass is 256 g/mol. The van der Waals surface area contributed by atoms with Gasteiger partial charge in [-0.15, -0.1) is 0 Å². The Morgan fingerprint density at radius 3 is 2.29 bits per heavy atom. The van der Waals surface area contributed by atoms with E-state index in [9.17, 15) is 8.42 Å². The van der Waals surface area contributed by atoms with Gasteiger partial charge in [0.2, 0.25) is 0 Å². The molecule has 1 unspecified atom stereocenters. The van der Waals surface area contributed by atoms with Crippen molar-refractivity contribution >= 4 is 15.5 Å². The maximum atomic E-state index is 11.3. The summed E-state index contributed by atoms with van der Waals surface area (Å²) in [7, 11) is -3.11. The molecule has 1 aromatic rings. The van der Waals surface area contributed by atoms with Crippen molar-refractivity contribution in [1.82, 2.24) is 0 Å². The van der Waals surface area contributed by atoms with E-state index in [0.717, 1.165) is 18.7 Å². The summed E-state index contributed by atoms with van der Waals surface area (Å²) in [6, 6.07) is 6.78. The molecule has 0 radical (unpaired) electrons. The average molecular weight is 256 g/mol. The van der Waals surface area contributed by atoms with Gasteiger partial charge in [-0.05, 0) is 36.7 Å². The van der Waals surface area contributed by atoms with Gasteiger partial charge < -0.3 is 11.1 Å². The molecule has 4 nitrogen and oxygen atoms in total. The lowest BCUT2D eigenvalue weighted by molar-refractivity contribution is 0.548. The predicted octanol–water partition coefficient (Wildman–Crippen LogP) is 1.49. The standard InChI is InChI=1S/C12H20N2O2S/c1-3-10(8-13)9-14-11-4-6-12(7-5-11)17(2,15)16/h4-7,10,14H,3,8-9,13H2,1-2H3. The van der Waals surface area contributed by atoms with Gasteiger partial charge in [-0.1, -0.05) is 13.3 Å². The Morgan fingerprint density at radius 2 is 1.88 bits per heavy atom. The molecule has 0 bridgehead atoms. The Balaban J connectivity index is 2.63. The molecule has 0 aliphatic heterocycles. The van der Waals surface area contributed by atoms with Crippen LogP contribution in [0.25, 0.3) is 0 Å². The molecular formula is C12H20N2O2S. The minimum atomic E-state index is -3.11. The maximum absolute atomic E-state index is 11.3. The number of sulfone groups is 1. The lowest BCUT2D eigenvalue weighted by atomic mass is 10.1. The largest absolute Gasteiger partial charge is 0.385 e. The second-order valence-corrected chi connectivity index (χ2v) is 6.20. The molecule has 0 aliphatic carbocycles. The summed E-state index contributed by atoms with van der Waals surface area (Å²) in [5.74, 6) is 0.449. The molecule has 1 rings (SSSR count). The fraction of sp³-hybridized carbons (Fsp3) is 0.500. The molecule has 0 aliphatic rings. The van der Waals surface area contributed by atoms with Gasteiger partial charge in [-0.2, -0.15) is 0 Å². The van der Waals surface area contributed by atoms with Crippen molar-refractivity contribution in [2.24, 2.45) is 11.7 Å². The molecule has 0 fully saturated rings. The summed E-state index contributed by atoms with van der Waals surface area (Å²) in [6.45, 7) is 3.57. The van der Waals surface area contributed by atoms with Crippen LogP contribution in [0.5, 0.6) is 0 Å². The zero-order valence-corrected chi connectivity index (χ0v) is 11.1. The Kier molecular flexibility index (Phi) is 4.96. The predicted molar refractivity (Wildman–Crippen MR) is 70.9 cm³/mol. The summed E-state index contributed by atoms with van der Waals surface area (Å²) in [5, 5.41) is 3.25. The number of nitrogens with one attached hydrogen (secondary N) is 1. The Bertz CT molecular complexity index is 436. The number of nitrogens with two attached hydrogens (primary N) is 1. The lowest BCUT2D eigenvalue weighted by Crippen LogP contribution is -2.22. The lowest BCUT2D eigenvalue weighted by Gasteiger charge is -2.14. The number of rotatable bonds is 6. The van der Waals surface area contributed by atoms with Gasteiger partial charge in [0.25, 0.3) is 0 Å². The molecule has 5 heteroatoms.